The first-order chi connectivity index (χ1) is 8.18. The van der Waals surface area contributed by atoms with Crippen LogP contribution in [0, 0.1) is 0 Å². The van der Waals surface area contributed by atoms with Gasteiger partial charge < -0.3 is 5.73 Å². The second-order valence-electron chi connectivity index (χ2n) is 3.33. The smallest absolute Gasteiger partial charge is 0.329 e. The number of benzene rings is 1. The number of sulfonamides is 1. The maximum atomic E-state index is 12.5. The molecule has 1 rings (SSSR count). The molecule has 18 heavy (non-hydrogen) atoms. The van der Waals surface area contributed by atoms with Crippen molar-refractivity contribution in [3.05, 3.63) is 28.8 Å². The molecule has 0 unspecified atom stereocenters. The molecule has 0 spiro atoms. The van der Waals surface area contributed by atoms with Crippen LogP contribution in [0.4, 0.5) is 13.2 Å². The van der Waals surface area contributed by atoms with Gasteiger partial charge in [-0.1, -0.05) is 11.6 Å². The molecule has 0 aliphatic carbocycles. The van der Waals surface area contributed by atoms with E-state index in [2.05, 4.69) is 4.72 Å². The zero-order valence-electron chi connectivity index (χ0n) is 8.96. The predicted molar refractivity (Wildman–Crippen MR) is 60.7 cm³/mol. The third-order valence-electron chi connectivity index (χ3n) is 1.99. The largest absolute Gasteiger partial charge is 0.417 e. The van der Waals surface area contributed by atoms with Crippen LogP contribution in [0.15, 0.2) is 23.1 Å². The number of alkyl halides is 3. The molecule has 0 heterocycles. The van der Waals surface area contributed by atoms with Gasteiger partial charge in [0.2, 0.25) is 10.0 Å². The molecule has 1 aromatic carbocycles. The van der Waals surface area contributed by atoms with Crippen LogP contribution in [0.2, 0.25) is 5.02 Å². The van der Waals surface area contributed by atoms with E-state index in [1.165, 1.54) is 0 Å². The van der Waals surface area contributed by atoms with Crippen molar-refractivity contribution in [1.82, 2.24) is 4.72 Å². The molecule has 0 bridgehead atoms. The van der Waals surface area contributed by atoms with Gasteiger partial charge in [0.25, 0.3) is 0 Å². The highest BCUT2D eigenvalue weighted by molar-refractivity contribution is 7.89. The Labute approximate surface area is 107 Å². The minimum atomic E-state index is -4.71. The summed E-state index contributed by atoms with van der Waals surface area (Å²) in [4.78, 5) is -0.507. The summed E-state index contributed by atoms with van der Waals surface area (Å²) in [6, 6.07) is 2.37. The summed E-state index contributed by atoms with van der Waals surface area (Å²) >= 11 is 5.38. The molecule has 9 heteroatoms. The molecule has 0 aromatic heterocycles. The van der Waals surface area contributed by atoms with E-state index >= 15 is 0 Å². The lowest BCUT2D eigenvalue weighted by Crippen LogP contribution is -2.29. The second-order valence-corrected chi connectivity index (χ2v) is 5.50. The number of halogens is 4. The number of hydrogen-bond donors (Lipinski definition) is 2. The standard InChI is InChI=1S/C9H10ClF3N2O2S/c10-8-2-1-6(5-7(8)9(11,12)13)18(16,17)15-4-3-14/h1-2,5,15H,3-4,14H2. The Morgan fingerprint density at radius 3 is 2.44 bits per heavy atom. The first-order valence-electron chi connectivity index (χ1n) is 4.75. The van der Waals surface area contributed by atoms with Gasteiger partial charge >= 0.3 is 6.18 Å². The van der Waals surface area contributed by atoms with Gasteiger partial charge in [-0.25, -0.2) is 13.1 Å². The van der Waals surface area contributed by atoms with E-state index in [0.29, 0.717) is 6.07 Å². The summed E-state index contributed by atoms with van der Waals surface area (Å²) < 4.78 is 62.9. The van der Waals surface area contributed by atoms with Gasteiger partial charge in [0.15, 0.2) is 0 Å². The van der Waals surface area contributed by atoms with E-state index in [1.54, 1.807) is 0 Å². The van der Waals surface area contributed by atoms with E-state index in [1.807, 2.05) is 0 Å². The highest BCUT2D eigenvalue weighted by Crippen LogP contribution is 2.35. The molecule has 0 aliphatic rings. The van der Waals surface area contributed by atoms with E-state index in [9.17, 15) is 21.6 Å². The first-order valence-corrected chi connectivity index (χ1v) is 6.61. The monoisotopic (exact) mass is 302 g/mol. The van der Waals surface area contributed by atoms with Crippen molar-refractivity contribution in [1.29, 1.82) is 0 Å². The van der Waals surface area contributed by atoms with Crippen molar-refractivity contribution < 1.29 is 21.6 Å². The van der Waals surface area contributed by atoms with Crippen LogP contribution in [0.3, 0.4) is 0 Å². The van der Waals surface area contributed by atoms with Crippen LogP contribution >= 0.6 is 11.6 Å². The number of rotatable bonds is 4. The first kappa shape index (κ1) is 15.2. The molecule has 0 amide bonds. The van der Waals surface area contributed by atoms with Crippen molar-refractivity contribution in [3.8, 4) is 0 Å². The maximum Gasteiger partial charge on any atom is 0.417 e. The molecular formula is C9H10ClF3N2O2S. The van der Waals surface area contributed by atoms with Gasteiger partial charge in [-0.15, -0.1) is 0 Å². The highest BCUT2D eigenvalue weighted by Gasteiger charge is 2.34. The fourth-order valence-electron chi connectivity index (χ4n) is 1.17. The fraction of sp³-hybridized carbons (Fsp3) is 0.333. The lowest BCUT2D eigenvalue weighted by Gasteiger charge is -2.11. The average Bonchev–Trinajstić information content (AvgIpc) is 2.25. The van der Waals surface area contributed by atoms with Gasteiger partial charge in [-0.05, 0) is 18.2 Å². The average molecular weight is 303 g/mol. The fourth-order valence-corrected chi connectivity index (χ4v) is 2.46. The van der Waals surface area contributed by atoms with E-state index < -0.39 is 31.7 Å². The number of hydrogen-bond acceptors (Lipinski definition) is 3. The van der Waals surface area contributed by atoms with Crippen LogP contribution in [-0.2, 0) is 16.2 Å². The second kappa shape index (κ2) is 5.43. The molecule has 3 N–H and O–H groups in total. The van der Waals surface area contributed by atoms with Crippen LogP contribution < -0.4 is 10.5 Å². The molecule has 0 saturated heterocycles. The minimum absolute atomic E-state index is 0.0406. The molecule has 0 fully saturated rings. The third-order valence-corrected chi connectivity index (χ3v) is 3.78. The lowest BCUT2D eigenvalue weighted by atomic mass is 10.2. The summed E-state index contributed by atoms with van der Waals surface area (Å²) in [5.41, 5.74) is 3.91. The molecule has 0 radical (unpaired) electrons. The molecule has 0 saturated carbocycles. The molecule has 0 atom stereocenters. The Hall–Kier alpha value is -0.830. The summed E-state index contributed by atoms with van der Waals surface area (Å²) in [5, 5.41) is -0.555. The van der Waals surface area contributed by atoms with E-state index in [4.69, 9.17) is 17.3 Å². The molecule has 0 aliphatic heterocycles. The Morgan fingerprint density at radius 2 is 1.94 bits per heavy atom. The Morgan fingerprint density at radius 1 is 1.33 bits per heavy atom. The topological polar surface area (TPSA) is 72.2 Å². The van der Waals surface area contributed by atoms with Crippen LogP contribution in [0.1, 0.15) is 5.56 Å². The SMILES string of the molecule is NCCNS(=O)(=O)c1ccc(Cl)c(C(F)(F)F)c1. The van der Waals surface area contributed by atoms with Crippen molar-refractivity contribution in [2.24, 2.45) is 5.73 Å². The molecular weight excluding hydrogens is 293 g/mol. The summed E-state index contributed by atoms with van der Waals surface area (Å²) in [6.45, 7) is -0.0226. The summed E-state index contributed by atoms with van der Waals surface area (Å²) in [7, 11) is -4.01. The van der Waals surface area contributed by atoms with Crippen LogP contribution in [-0.4, -0.2) is 21.5 Å². The molecule has 1 aromatic rings. The van der Waals surface area contributed by atoms with Crippen molar-refractivity contribution in [2.45, 2.75) is 11.1 Å². The lowest BCUT2D eigenvalue weighted by molar-refractivity contribution is -0.137. The van der Waals surface area contributed by atoms with Gasteiger partial charge in [0.05, 0.1) is 15.5 Å². The zero-order valence-corrected chi connectivity index (χ0v) is 10.5. The van der Waals surface area contributed by atoms with Crippen molar-refractivity contribution in [2.75, 3.05) is 13.1 Å². The zero-order chi connectivity index (χ0) is 14.0. The summed E-state index contributed by atoms with van der Waals surface area (Å²) in [5.74, 6) is 0. The Bertz CT molecular complexity index is 531. The number of nitrogens with two attached hydrogens (primary N) is 1. The number of nitrogens with one attached hydrogen (secondary N) is 1. The van der Waals surface area contributed by atoms with Crippen molar-refractivity contribution >= 4 is 21.6 Å². The predicted octanol–water partition coefficient (Wildman–Crippen LogP) is 1.60. The van der Waals surface area contributed by atoms with E-state index in [-0.39, 0.29) is 13.1 Å². The van der Waals surface area contributed by atoms with Crippen LogP contribution in [0.25, 0.3) is 0 Å². The third kappa shape index (κ3) is 3.58. The highest BCUT2D eigenvalue weighted by atomic mass is 35.5. The van der Waals surface area contributed by atoms with Gasteiger partial charge in [0.1, 0.15) is 0 Å². The Kier molecular flexibility index (Phi) is 4.60. The normalized spacial score (nSPS) is 12.7. The van der Waals surface area contributed by atoms with Gasteiger partial charge in [-0.2, -0.15) is 13.2 Å². The van der Waals surface area contributed by atoms with E-state index in [0.717, 1.165) is 12.1 Å². The molecule has 4 nitrogen and oxygen atoms in total. The van der Waals surface area contributed by atoms with Crippen LogP contribution in [0.5, 0.6) is 0 Å². The van der Waals surface area contributed by atoms with Gasteiger partial charge in [-0.3, -0.25) is 0 Å². The minimum Gasteiger partial charge on any atom is -0.329 e. The Balaban J connectivity index is 3.21. The maximum absolute atomic E-state index is 12.5. The van der Waals surface area contributed by atoms with Crippen molar-refractivity contribution in [3.63, 3.8) is 0 Å². The quantitative estimate of drug-likeness (QED) is 0.887. The van der Waals surface area contributed by atoms with Gasteiger partial charge in [0, 0.05) is 13.1 Å². The summed E-state index contributed by atoms with van der Waals surface area (Å²) in [6.07, 6.45) is -4.71. The molecule has 102 valence electrons.